The molecule has 16 heavy (non-hydrogen) atoms. The molecular weight excluding hydrogens is 266 g/mol. The van der Waals surface area contributed by atoms with Crippen molar-refractivity contribution in [2.75, 3.05) is 12.8 Å². The van der Waals surface area contributed by atoms with Crippen molar-refractivity contribution < 1.29 is 21.9 Å². The Balaban J connectivity index is 3.63. The standard InChI is InChI=1S/C7H7ClF2N2O3S/c1-15-7-4(11)5(16(8,13)14)3(2-12-7)6(9)10/h2,6H,11H2,1H3. The lowest BCUT2D eigenvalue weighted by Gasteiger charge is -2.10. The molecule has 9 heteroatoms. The normalized spacial score (nSPS) is 11.8. The predicted octanol–water partition coefficient (Wildman–Crippen LogP) is 1.54. The average Bonchev–Trinajstić information content (AvgIpc) is 2.14. The van der Waals surface area contributed by atoms with Crippen LogP contribution in [0.1, 0.15) is 12.0 Å². The van der Waals surface area contributed by atoms with E-state index in [1.807, 2.05) is 0 Å². The van der Waals surface area contributed by atoms with E-state index in [9.17, 15) is 17.2 Å². The molecule has 0 saturated carbocycles. The minimum Gasteiger partial charge on any atom is -0.479 e. The Labute approximate surface area is 94.6 Å². The fourth-order valence-electron chi connectivity index (χ4n) is 1.10. The maximum Gasteiger partial charge on any atom is 0.266 e. The van der Waals surface area contributed by atoms with Gasteiger partial charge in [-0.05, 0) is 0 Å². The van der Waals surface area contributed by atoms with Crippen molar-refractivity contribution in [3.8, 4) is 5.88 Å². The highest BCUT2D eigenvalue weighted by Crippen LogP contribution is 2.36. The number of rotatable bonds is 3. The molecule has 5 nitrogen and oxygen atoms in total. The monoisotopic (exact) mass is 272 g/mol. The lowest BCUT2D eigenvalue weighted by Crippen LogP contribution is -2.07. The number of alkyl halides is 2. The zero-order valence-corrected chi connectivity index (χ0v) is 9.52. The molecule has 0 aliphatic heterocycles. The second-order valence-corrected chi connectivity index (χ2v) is 5.21. The summed E-state index contributed by atoms with van der Waals surface area (Å²) in [6.07, 6.45) is -2.39. The molecule has 0 fully saturated rings. The van der Waals surface area contributed by atoms with Gasteiger partial charge in [-0.25, -0.2) is 22.2 Å². The fraction of sp³-hybridized carbons (Fsp3) is 0.286. The van der Waals surface area contributed by atoms with Gasteiger partial charge in [0.2, 0.25) is 5.88 Å². The molecule has 0 aliphatic rings. The number of hydrogen-bond acceptors (Lipinski definition) is 5. The summed E-state index contributed by atoms with van der Waals surface area (Å²) in [6.45, 7) is 0. The van der Waals surface area contributed by atoms with Crippen LogP contribution in [-0.4, -0.2) is 20.5 Å². The molecule has 0 radical (unpaired) electrons. The van der Waals surface area contributed by atoms with E-state index in [1.165, 1.54) is 7.11 Å². The first kappa shape index (κ1) is 12.9. The van der Waals surface area contributed by atoms with Crippen molar-refractivity contribution in [2.24, 2.45) is 0 Å². The van der Waals surface area contributed by atoms with E-state index < -0.39 is 31.6 Å². The molecule has 0 spiro atoms. The fourth-order valence-corrected chi connectivity index (χ4v) is 2.39. The Morgan fingerprint density at radius 1 is 1.56 bits per heavy atom. The van der Waals surface area contributed by atoms with Crippen molar-refractivity contribution in [3.05, 3.63) is 11.8 Å². The highest BCUT2D eigenvalue weighted by Gasteiger charge is 2.27. The minimum absolute atomic E-state index is 0.274. The zero-order chi connectivity index (χ0) is 12.5. The summed E-state index contributed by atoms with van der Waals surface area (Å²) in [4.78, 5) is 2.58. The number of nitrogens with two attached hydrogens (primary N) is 1. The quantitative estimate of drug-likeness (QED) is 0.844. The van der Waals surface area contributed by atoms with Gasteiger partial charge in [0.1, 0.15) is 10.6 Å². The maximum atomic E-state index is 12.5. The Hall–Kier alpha value is -1.15. The van der Waals surface area contributed by atoms with Gasteiger partial charge < -0.3 is 10.5 Å². The van der Waals surface area contributed by atoms with Gasteiger partial charge in [-0.1, -0.05) is 0 Å². The van der Waals surface area contributed by atoms with Crippen LogP contribution >= 0.6 is 10.7 Å². The molecule has 1 heterocycles. The van der Waals surface area contributed by atoms with Gasteiger partial charge >= 0.3 is 0 Å². The van der Waals surface area contributed by atoms with E-state index in [2.05, 4.69) is 9.72 Å². The summed E-state index contributed by atoms with van der Waals surface area (Å²) in [5, 5.41) is 0. The molecule has 1 aromatic rings. The van der Waals surface area contributed by atoms with Crippen LogP contribution in [0.2, 0.25) is 0 Å². The molecule has 0 bridgehead atoms. The van der Waals surface area contributed by atoms with E-state index in [0.717, 1.165) is 0 Å². The summed E-state index contributed by atoms with van der Waals surface area (Å²) in [6, 6.07) is 0. The van der Waals surface area contributed by atoms with Crippen LogP contribution in [0.15, 0.2) is 11.1 Å². The first-order valence-corrected chi connectivity index (χ1v) is 6.15. The van der Waals surface area contributed by atoms with Crippen molar-refractivity contribution in [3.63, 3.8) is 0 Å². The maximum absolute atomic E-state index is 12.5. The molecule has 0 saturated heterocycles. The molecule has 1 aromatic heterocycles. The van der Waals surface area contributed by atoms with Crippen molar-refractivity contribution >= 4 is 25.4 Å². The zero-order valence-electron chi connectivity index (χ0n) is 7.95. The number of aromatic nitrogens is 1. The summed E-state index contributed by atoms with van der Waals surface area (Å²) < 4.78 is 51.9. The Kier molecular flexibility index (Phi) is 3.54. The number of anilines is 1. The van der Waals surface area contributed by atoms with Crippen LogP contribution in [0, 0.1) is 0 Å². The molecule has 0 amide bonds. The van der Waals surface area contributed by atoms with Crippen LogP contribution in [0.4, 0.5) is 14.5 Å². The highest BCUT2D eigenvalue weighted by atomic mass is 35.7. The van der Waals surface area contributed by atoms with Crippen molar-refractivity contribution in [1.29, 1.82) is 0 Å². The number of methoxy groups -OCH3 is 1. The lowest BCUT2D eigenvalue weighted by molar-refractivity contribution is 0.147. The van der Waals surface area contributed by atoms with E-state index in [-0.39, 0.29) is 5.88 Å². The second kappa shape index (κ2) is 4.38. The van der Waals surface area contributed by atoms with Crippen LogP contribution in [0.5, 0.6) is 5.88 Å². The third-order valence-electron chi connectivity index (χ3n) is 1.73. The molecule has 2 N–H and O–H groups in total. The molecule has 0 unspecified atom stereocenters. The van der Waals surface area contributed by atoms with Crippen LogP contribution in [0.25, 0.3) is 0 Å². The number of hydrogen-bond donors (Lipinski definition) is 1. The Morgan fingerprint density at radius 2 is 2.12 bits per heavy atom. The Bertz CT molecular complexity index is 507. The number of halogens is 3. The van der Waals surface area contributed by atoms with Crippen LogP contribution in [0.3, 0.4) is 0 Å². The largest absolute Gasteiger partial charge is 0.479 e. The van der Waals surface area contributed by atoms with Gasteiger partial charge in [-0.2, -0.15) is 0 Å². The second-order valence-electron chi connectivity index (χ2n) is 2.70. The third kappa shape index (κ3) is 2.33. The van der Waals surface area contributed by atoms with E-state index in [4.69, 9.17) is 16.4 Å². The van der Waals surface area contributed by atoms with Crippen molar-refractivity contribution in [2.45, 2.75) is 11.3 Å². The van der Waals surface area contributed by atoms with Gasteiger partial charge in [0, 0.05) is 16.9 Å². The minimum atomic E-state index is -4.39. The van der Waals surface area contributed by atoms with E-state index >= 15 is 0 Å². The predicted molar refractivity (Wildman–Crippen MR) is 53.2 cm³/mol. The van der Waals surface area contributed by atoms with E-state index in [0.29, 0.717) is 6.20 Å². The smallest absolute Gasteiger partial charge is 0.266 e. The van der Waals surface area contributed by atoms with Gasteiger partial charge in [0.15, 0.2) is 0 Å². The molecule has 0 aliphatic carbocycles. The number of ether oxygens (including phenoxy) is 1. The van der Waals surface area contributed by atoms with Crippen LogP contribution < -0.4 is 10.5 Å². The Morgan fingerprint density at radius 3 is 2.50 bits per heavy atom. The number of nitrogens with zero attached hydrogens (tertiary/aromatic N) is 1. The van der Waals surface area contributed by atoms with E-state index in [1.54, 1.807) is 0 Å². The number of nitrogen functional groups attached to an aromatic ring is 1. The molecule has 1 rings (SSSR count). The first-order valence-electron chi connectivity index (χ1n) is 3.84. The van der Waals surface area contributed by atoms with Gasteiger partial charge in [0.05, 0.1) is 12.7 Å². The lowest BCUT2D eigenvalue weighted by atomic mass is 10.2. The molecule has 0 atom stereocenters. The summed E-state index contributed by atoms with van der Waals surface area (Å²) in [5.41, 5.74) is 3.95. The molecule has 0 aromatic carbocycles. The van der Waals surface area contributed by atoms with Gasteiger partial charge in [-0.3, -0.25) is 0 Å². The van der Waals surface area contributed by atoms with Gasteiger partial charge in [-0.15, -0.1) is 0 Å². The van der Waals surface area contributed by atoms with Crippen LogP contribution in [-0.2, 0) is 9.05 Å². The number of pyridine rings is 1. The van der Waals surface area contributed by atoms with Crippen molar-refractivity contribution in [1.82, 2.24) is 4.98 Å². The third-order valence-corrected chi connectivity index (χ3v) is 3.14. The van der Waals surface area contributed by atoms with Gasteiger partial charge in [0.25, 0.3) is 15.5 Å². The summed E-state index contributed by atoms with van der Waals surface area (Å²) >= 11 is 0. The molecular formula is C7H7ClF2N2O3S. The SMILES string of the molecule is COc1ncc(C(F)F)c(S(=O)(=O)Cl)c1N. The topological polar surface area (TPSA) is 82.3 Å². The molecule has 90 valence electrons. The first-order chi connectivity index (χ1) is 7.29. The summed E-state index contributed by atoms with van der Waals surface area (Å²) in [7, 11) is 1.80. The summed E-state index contributed by atoms with van der Waals surface area (Å²) in [5.74, 6) is -0.274. The average molecular weight is 273 g/mol. The highest BCUT2D eigenvalue weighted by molar-refractivity contribution is 8.14.